The highest BCUT2D eigenvalue weighted by molar-refractivity contribution is 6.92. The molecule has 0 atom stereocenters. The molecule has 0 amide bonds. The monoisotopic (exact) mass is 499 g/mol. The Balaban J connectivity index is 0.00000361. The van der Waals surface area contributed by atoms with Gasteiger partial charge in [0.2, 0.25) is 0 Å². The molecule has 0 bridgehead atoms. The molecule has 0 heterocycles. The van der Waals surface area contributed by atoms with E-state index in [2.05, 4.69) is 81.4 Å². The largest absolute Gasteiger partial charge is 0.577 e. The maximum Gasteiger partial charge on any atom is 0.118 e. The van der Waals surface area contributed by atoms with Crippen molar-refractivity contribution in [2.45, 2.75) is 38.2 Å². The number of methoxy groups -OCH3 is 2. The van der Waals surface area contributed by atoms with Crippen LogP contribution in [0.2, 0.25) is 0 Å². The Labute approximate surface area is 218 Å². The molecule has 36 heavy (non-hydrogen) atoms. The Bertz CT molecular complexity index is 1200. The van der Waals surface area contributed by atoms with Crippen molar-refractivity contribution in [3.63, 3.8) is 0 Å². The molecule has 3 nitrogen and oxygen atoms in total. The number of hydrogen-bond acceptors (Lipinski definition) is 3. The highest BCUT2D eigenvalue weighted by atomic mass is 31.0. The average Bonchev–Trinajstić information content (AvgIpc) is 2.92. The molecule has 0 aliphatic carbocycles. The van der Waals surface area contributed by atoms with Crippen molar-refractivity contribution in [1.82, 2.24) is 0 Å². The predicted octanol–water partition coefficient (Wildman–Crippen LogP) is 7.20. The molecule has 0 fully saturated rings. The summed E-state index contributed by atoms with van der Waals surface area (Å²) in [4.78, 5) is 0. The van der Waals surface area contributed by atoms with Crippen molar-refractivity contribution in [2.24, 2.45) is 0 Å². The number of aliphatic hydroxyl groups excluding tert-OH is 1. The first-order chi connectivity index (χ1) is 16.8. The third-order valence-corrected chi connectivity index (χ3v) is 7.38. The quantitative estimate of drug-likeness (QED) is 0.206. The van der Waals surface area contributed by atoms with Crippen LogP contribution < -0.4 is 9.47 Å². The van der Waals surface area contributed by atoms with Crippen LogP contribution in [-0.4, -0.2) is 19.3 Å². The minimum atomic E-state index is -0.357. The van der Waals surface area contributed by atoms with Gasteiger partial charge in [0.1, 0.15) is 11.5 Å². The lowest BCUT2D eigenvalue weighted by Gasteiger charge is -2.33. The van der Waals surface area contributed by atoms with E-state index in [-0.39, 0.29) is 27.3 Å². The molecule has 4 aromatic rings. The number of rotatable bonds is 8. The summed E-state index contributed by atoms with van der Waals surface area (Å²) in [7, 11) is 3.38. The van der Waals surface area contributed by atoms with Gasteiger partial charge in [0.05, 0.1) is 20.8 Å². The number of aliphatic hydroxyl groups is 1. The van der Waals surface area contributed by atoms with Crippen LogP contribution >= 0.6 is 9.90 Å². The van der Waals surface area contributed by atoms with Crippen LogP contribution in [0.4, 0.5) is 0 Å². The topological polar surface area (TPSA) is 38.7 Å². The van der Waals surface area contributed by atoms with Crippen molar-refractivity contribution in [3.05, 3.63) is 130 Å². The van der Waals surface area contributed by atoms with Crippen LogP contribution in [0.5, 0.6) is 11.5 Å². The van der Waals surface area contributed by atoms with Crippen molar-refractivity contribution in [2.75, 3.05) is 14.2 Å². The Kier molecular flexibility index (Phi) is 8.61. The Morgan fingerprint density at radius 1 is 0.528 bits per heavy atom. The Morgan fingerprint density at radius 3 is 1.17 bits per heavy atom. The van der Waals surface area contributed by atoms with Gasteiger partial charge in [-0.2, -0.15) is 0 Å². The third-order valence-electron chi connectivity index (χ3n) is 7.38. The van der Waals surface area contributed by atoms with Gasteiger partial charge < -0.3 is 24.5 Å². The van der Waals surface area contributed by atoms with Crippen LogP contribution in [0.3, 0.4) is 0 Å². The highest BCUT2D eigenvalue weighted by Crippen LogP contribution is 2.41. The lowest BCUT2D eigenvalue weighted by Crippen LogP contribution is -2.26. The molecule has 0 radical (unpaired) electrons. The summed E-state index contributed by atoms with van der Waals surface area (Å²) >= 11 is 0. The van der Waals surface area contributed by atoms with Crippen molar-refractivity contribution in [3.8, 4) is 11.5 Å². The summed E-state index contributed by atoms with van der Waals surface area (Å²) < 4.78 is 10.8. The van der Waals surface area contributed by atoms with Gasteiger partial charge >= 0.3 is 0 Å². The Hall–Kier alpha value is -3.13. The molecule has 1 N–H and O–H groups in total. The normalized spacial score (nSPS) is 11.5. The molecule has 4 aromatic carbocycles. The number of benzene rings is 4. The Morgan fingerprint density at radius 2 is 0.833 bits per heavy atom. The molecule has 0 saturated heterocycles. The van der Waals surface area contributed by atoms with Crippen LogP contribution in [0.25, 0.3) is 0 Å². The van der Waals surface area contributed by atoms with Gasteiger partial charge in [-0.15, -0.1) is 0 Å². The molecule has 0 spiro atoms. The van der Waals surface area contributed by atoms with E-state index in [0.29, 0.717) is 0 Å². The lowest BCUT2D eigenvalue weighted by atomic mass is 9.70. The van der Waals surface area contributed by atoms with Crippen LogP contribution in [0, 0.1) is 0 Å². The minimum absolute atomic E-state index is 0. The molecular formula is C32H36O3P-. The molecule has 0 saturated carbocycles. The summed E-state index contributed by atoms with van der Waals surface area (Å²) in [6.07, 6.45) is 0. The van der Waals surface area contributed by atoms with Crippen molar-refractivity contribution in [1.29, 1.82) is 0 Å². The van der Waals surface area contributed by atoms with E-state index in [4.69, 9.17) is 9.47 Å². The van der Waals surface area contributed by atoms with E-state index < -0.39 is 0 Å². The lowest BCUT2D eigenvalue weighted by molar-refractivity contribution is 0.282. The zero-order valence-electron chi connectivity index (χ0n) is 21.8. The fourth-order valence-corrected chi connectivity index (χ4v) is 4.76. The zero-order chi connectivity index (χ0) is 25.1. The SMILES string of the molecule is COc1ccc(C(C)(c2ccc(OC)cc2)c2ccc(C(C)(C)c3ccc(CO)cc3)cc2)cc1.[PH2-]. The van der Waals surface area contributed by atoms with E-state index in [9.17, 15) is 5.11 Å². The fraction of sp³-hybridized carbons (Fsp3) is 0.250. The molecular weight excluding hydrogens is 463 g/mol. The van der Waals surface area contributed by atoms with Gasteiger partial charge in [-0.05, 0) is 64.6 Å². The third kappa shape index (κ3) is 5.19. The van der Waals surface area contributed by atoms with E-state index in [1.54, 1.807) is 14.2 Å². The highest BCUT2D eigenvalue weighted by Gasteiger charge is 2.32. The maximum atomic E-state index is 9.39. The van der Waals surface area contributed by atoms with Gasteiger partial charge in [0.15, 0.2) is 0 Å². The van der Waals surface area contributed by atoms with E-state index in [1.165, 1.54) is 27.8 Å². The van der Waals surface area contributed by atoms with Gasteiger partial charge in [-0.1, -0.05) is 86.6 Å². The van der Waals surface area contributed by atoms with Crippen LogP contribution in [0.15, 0.2) is 97.1 Å². The molecule has 188 valence electrons. The summed E-state index contributed by atoms with van der Waals surface area (Å²) in [6.45, 7) is 6.80. The van der Waals surface area contributed by atoms with Crippen molar-refractivity contribution < 1.29 is 14.6 Å². The van der Waals surface area contributed by atoms with E-state index in [1.807, 2.05) is 36.4 Å². The first kappa shape index (κ1) is 27.5. The molecule has 0 aliphatic rings. The second kappa shape index (κ2) is 11.3. The van der Waals surface area contributed by atoms with Crippen molar-refractivity contribution >= 4 is 9.90 Å². The fourth-order valence-electron chi connectivity index (χ4n) is 4.76. The molecule has 0 unspecified atom stereocenters. The van der Waals surface area contributed by atoms with Gasteiger partial charge in [0, 0.05) is 10.8 Å². The predicted molar refractivity (Wildman–Crippen MR) is 152 cm³/mol. The van der Waals surface area contributed by atoms with Crippen LogP contribution in [0.1, 0.15) is 54.2 Å². The molecule has 4 rings (SSSR count). The van der Waals surface area contributed by atoms with Gasteiger partial charge in [-0.25, -0.2) is 0 Å². The number of hydrogen-bond donors (Lipinski definition) is 1. The second-order valence-electron chi connectivity index (χ2n) is 9.64. The zero-order valence-corrected chi connectivity index (χ0v) is 22.9. The summed E-state index contributed by atoms with van der Waals surface area (Å²) in [5, 5.41) is 9.39. The minimum Gasteiger partial charge on any atom is -0.577 e. The van der Waals surface area contributed by atoms with Gasteiger partial charge in [-0.3, -0.25) is 0 Å². The summed E-state index contributed by atoms with van der Waals surface area (Å²) in [5.41, 5.74) is 6.45. The standard InChI is InChI=1S/C32H34O3.H2P/c1-31(2,24-8-6-23(22-33)7-9-24)25-10-12-26(13-11-25)32(3,27-14-18-29(34-4)19-15-27)28-16-20-30(35-5)21-17-28;/h6-21,33H,22H2,1-5H3;1H2/q;-1. The van der Waals surface area contributed by atoms with E-state index in [0.717, 1.165) is 17.1 Å². The van der Waals surface area contributed by atoms with E-state index >= 15 is 0 Å². The molecule has 0 aromatic heterocycles. The van der Waals surface area contributed by atoms with Crippen LogP contribution in [-0.2, 0) is 17.4 Å². The molecule has 0 aliphatic heterocycles. The molecule has 4 heteroatoms. The first-order valence-corrected chi connectivity index (χ1v) is 11.9. The van der Waals surface area contributed by atoms with Gasteiger partial charge in [0.25, 0.3) is 0 Å². The smallest absolute Gasteiger partial charge is 0.118 e. The maximum absolute atomic E-state index is 9.39. The second-order valence-corrected chi connectivity index (χ2v) is 9.64. The summed E-state index contributed by atoms with van der Waals surface area (Å²) in [6, 6.07) is 33.8. The summed E-state index contributed by atoms with van der Waals surface area (Å²) in [5.74, 6) is 1.69. The number of ether oxygens (including phenoxy) is 2. The first-order valence-electron chi connectivity index (χ1n) is 11.9. The average molecular weight is 500 g/mol.